The lowest BCUT2D eigenvalue weighted by atomic mass is 10.1. The molecule has 2 aromatic rings. The van der Waals surface area contributed by atoms with Crippen LogP contribution < -0.4 is 15.0 Å². The van der Waals surface area contributed by atoms with E-state index in [1.807, 2.05) is 0 Å². The molecule has 1 unspecified atom stereocenters. The maximum atomic E-state index is 12.8. The average Bonchev–Trinajstić information content (AvgIpc) is 2.79. The molecule has 0 spiro atoms. The highest BCUT2D eigenvalue weighted by Gasteiger charge is 2.30. The van der Waals surface area contributed by atoms with Crippen molar-refractivity contribution in [2.45, 2.75) is 19.4 Å². The number of esters is 1. The summed E-state index contributed by atoms with van der Waals surface area (Å²) in [5, 5.41) is 2.79. The Hall–Kier alpha value is -2.87. The number of nitrogens with one attached hydrogen (secondary N) is 1. The molecule has 0 aliphatic carbocycles. The van der Waals surface area contributed by atoms with Crippen molar-refractivity contribution in [2.24, 2.45) is 0 Å². The topological polar surface area (TPSA) is 84.9 Å². The summed E-state index contributed by atoms with van der Waals surface area (Å²) in [6, 6.07) is 11.4. The number of nitrogens with zero attached hydrogens (tertiary/aromatic N) is 1. The van der Waals surface area contributed by atoms with Gasteiger partial charge in [0.1, 0.15) is 5.75 Å². The van der Waals surface area contributed by atoms with Gasteiger partial charge in [0.2, 0.25) is 5.91 Å². The maximum absolute atomic E-state index is 12.8. The molecule has 0 aromatic heterocycles. The van der Waals surface area contributed by atoms with Crippen molar-refractivity contribution in [2.75, 3.05) is 23.9 Å². The number of ether oxygens (including phenoxy) is 2. The van der Waals surface area contributed by atoms with E-state index >= 15 is 0 Å². The number of halogens is 1. The molecule has 8 heteroatoms. The zero-order chi connectivity index (χ0) is 20.3. The van der Waals surface area contributed by atoms with Crippen LogP contribution in [0, 0.1) is 0 Å². The van der Waals surface area contributed by atoms with Gasteiger partial charge < -0.3 is 19.7 Å². The molecule has 0 radical (unpaired) electrons. The molecule has 0 saturated heterocycles. The molecule has 2 amide bonds. The molecule has 3 rings (SSSR count). The average molecular weight is 447 g/mol. The Bertz CT molecular complexity index is 931. The number of hydrogen-bond donors (Lipinski definition) is 1. The number of carbonyl (C=O) groups excluding carboxylic acids is 3. The Morgan fingerprint density at radius 3 is 2.71 bits per heavy atom. The zero-order valence-electron chi connectivity index (χ0n) is 15.4. The van der Waals surface area contributed by atoms with Crippen molar-refractivity contribution in [3.8, 4) is 5.75 Å². The Morgan fingerprint density at radius 2 is 2.00 bits per heavy atom. The summed E-state index contributed by atoms with van der Waals surface area (Å²) in [5.41, 5.74) is 1.42. The molecule has 0 fully saturated rings. The van der Waals surface area contributed by atoms with Crippen molar-refractivity contribution >= 4 is 45.1 Å². The lowest BCUT2D eigenvalue weighted by Crippen LogP contribution is -2.41. The number of rotatable bonds is 4. The molecular weight excluding hydrogens is 428 g/mol. The van der Waals surface area contributed by atoms with E-state index in [0.717, 1.165) is 0 Å². The minimum atomic E-state index is -0.623. The molecule has 1 heterocycles. The quantitative estimate of drug-likeness (QED) is 0.727. The first-order valence-corrected chi connectivity index (χ1v) is 9.41. The minimum Gasteiger partial charge on any atom is -0.496 e. The predicted octanol–water partition coefficient (Wildman–Crippen LogP) is 3.38. The van der Waals surface area contributed by atoms with Crippen LogP contribution in [-0.4, -0.2) is 37.5 Å². The van der Waals surface area contributed by atoms with Gasteiger partial charge in [0.05, 0.1) is 28.5 Å². The van der Waals surface area contributed by atoms with Crippen LogP contribution in [0.5, 0.6) is 5.75 Å². The number of para-hydroxylation sites is 2. The molecule has 1 aliphatic heterocycles. The van der Waals surface area contributed by atoms with Crippen molar-refractivity contribution in [3.63, 3.8) is 0 Å². The molecule has 1 N–H and O–H groups in total. The third kappa shape index (κ3) is 4.17. The number of amides is 2. The molecule has 1 aliphatic rings. The summed E-state index contributed by atoms with van der Waals surface area (Å²) in [5.74, 6) is -0.617. The number of fused-ring (bicyclic) bond motifs is 1. The largest absolute Gasteiger partial charge is 0.496 e. The Morgan fingerprint density at radius 1 is 1.25 bits per heavy atom. The van der Waals surface area contributed by atoms with Gasteiger partial charge in [0, 0.05) is 12.5 Å². The second kappa shape index (κ2) is 8.43. The summed E-state index contributed by atoms with van der Waals surface area (Å²) in [6.45, 7) is 1.34. The molecule has 28 heavy (non-hydrogen) atoms. The normalized spacial score (nSPS) is 15.9. The minimum absolute atomic E-state index is 0.153. The van der Waals surface area contributed by atoms with Crippen molar-refractivity contribution in [1.29, 1.82) is 0 Å². The van der Waals surface area contributed by atoms with Gasteiger partial charge in [-0.25, -0.2) is 4.79 Å². The summed E-state index contributed by atoms with van der Waals surface area (Å²) < 4.78 is 10.9. The van der Waals surface area contributed by atoms with Crippen LogP contribution in [0.3, 0.4) is 0 Å². The molecule has 0 saturated carbocycles. The fraction of sp³-hybridized carbons (Fsp3) is 0.250. The Kier molecular flexibility index (Phi) is 5.99. The van der Waals surface area contributed by atoms with Crippen molar-refractivity contribution in [3.05, 3.63) is 52.5 Å². The maximum Gasteiger partial charge on any atom is 0.338 e. The van der Waals surface area contributed by atoms with Gasteiger partial charge in [-0.1, -0.05) is 12.1 Å². The first-order valence-electron chi connectivity index (χ1n) is 8.62. The van der Waals surface area contributed by atoms with E-state index in [1.54, 1.807) is 49.4 Å². The highest BCUT2D eigenvalue weighted by Crippen LogP contribution is 2.31. The van der Waals surface area contributed by atoms with Crippen LogP contribution in [0.25, 0.3) is 0 Å². The molecular formula is C20H19BrN2O5. The van der Waals surface area contributed by atoms with E-state index in [4.69, 9.17) is 9.47 Å². The molecule has 146 valence electrons. The van der Waals surface area contributed by atoms with Crippen molar-refractivity contribution < 1.29 is 23.9 Å². The monoisotopic (exact) mass is 446 g/mol. The van der Waals surface area contributed by atoms with E-state index in [0.29, 0.717) is 27.2 Å². The van der Waals surface area contributed by atoms with Gasteiger partial charge >= 0.3 is 5.97 Å². The number of carbonyl (C=O) groups is 3. The standard InChI is InChI=1S/C20H19BrN2O5/c1-12-9-18(24)22-15-5-3-4-6-16(15)23(12)19(25)11-28-20(26)13-7-8-17(27-2)14(21)10-13/h3-8,10,12H,9,11H2,1-2H3,(H,22,24). The van der Waals surface area contributed by atoms with Gasteiger partial charge in [-0.3, -0.25) is 9.59 Å². The summed E-state index contributed by atoms with van der Waals surface area (Å²) in [4.78, 5) is 38.6. The molecule has 7 nitrogen and oxygen atoms in total. The van der Waals surface area contributed by atoms with E-state index in [9.17, 15) is 14.4 Å². The first-order chi connectivity index (χ1) is 13.4. The fourth-order valence-corrected chi connectivity index (χ4v) is 3.58. The van der Waals surface area contributed by atoms with Gasteiger partial charge in [0.25, 0.3) is 5.91 Å². The van der Waals surface area contributed by atoms with E-state index in [-0.39, 0.29) is 18.4 Å². The van der Waals surface area contributed by atoms with Crippen LogP contribution in [-0.2, 0) is 14.3 Å². The zero-order valence-corrected chi connectivity index (χ0v) is 17.0. The number of methoxy groups -OCH3 is 1. The molecule has 1 atom stereocenters. The lowest BCUT2D eigenvalue weighted by molar-refractivity contribution is -0.122. The van der Waals surface area contributed by atoms with Gasteiger partial charge in [-0.05, 0) is 53.2 Å². The summed E-state index contributed by atoms with van der Waals surface area (Å²) >= 11 is 3.31. The third-order valence-corrected chi connectivity index (χ3v) is 4.96. The van der Waals surface area contributed by atoms with Gasteiger partial charge in [-0.2, -0.15) is 0 Å². The van der Waals surface area contributed by atoms with Crippen molar-refractivity contribution in [1.82, 2.24) is 0 Å². The van der Waals surface area contributed by atoms with Crippen LogP contribution in [0.15, 0.2) is 46.9 Å². The molecule has 0 bridgehead atoms. The van der Waals surface area contributed by atoms with E-state index in [1.165, 1.54) is 12.0 Å². The Balaban J connectivity index is 1.74. The highest BCUT2D eigenvalue weighted by atomic mass is 79.9. The van der Waals surface area contributed by atoms with E-state index < -0.39 is 18.5 Å². The second-order valence-corrected chi connectivity index (χ2v) is 7.16. The number of benzene rings is 2. The predicted molar refractivity (Wildman–Crippen MR) is 108 cm³/mol. The fourth-order valence-electron chi connectivity index (χ4n) is 3.04. The first kappa shape index (κ1) is 19.9. The summed E-state index contributed by atoms with van der Waals surface area (Å²) in [6.07, 6.45) is 0.153. The van der Waals surface area contributed by atoms with E-state index in [2.05, 4.69) is 21.2 Å². The van der Waals surface area contributed by atoms with Crippen LogP contribution in [0.4, 0.5) is 11.4 Å². The SMILES string of the molecule is COc1ccc(C(=O)OCC(=O)N2c3ccccc3NC(=O)CC2C)cc1Br. The third-order valence-electron chi connectivity index (χ3n) is 4.34. The number of anilines is 2. The summed E-state index contributed by atoms with van der Waals surface area (Å²) in [7, 11) is 1.52. The number of hydrogen-bond acceptors (Lipinski definition) is 5. The Labute approximate surface area is 170 Å². The van der Waals surface area contributed by atoms with Crippen LogP contribution >= 0.6 is 15.9 Å². The van der Waals surface area contributed by atoms with Gasteiger partial charge in [-0.15, -0.1) is 0 Å². The van der Waals surface area contributed by atoms with Crippen LogP contribution in [0.1, 0.15) is 23.7 Å². The molecule has 2 aromatic carbocycles. The lowest BCUT2D eigenvalue weighted by Gasteiger charge is -2.27. The van der Waals surface area contributed by atoms with Gasteiger partial charge in [0.15, 0.2) is 6.61 Å². The second-order valence-electron chi connectivity index (χ2n) is 6.31. The smallest absolute Gasteiger partial charge is 0.338 e. The van der Waals surface area contributed by atoms with Crippen LogP contribution in [0.2, 0.25) is 0 Å². The highest BCUT2D eigenvalue weighted by molar-refractivity contribution is 9.10.